The zero-order valence-electron chi connectivity index (χ0n) is 13.2. The van der Waals surface area contributed by atoms with Crippen molar-refractivity contribution in [2.45, 2.75) is 0 Å². The fourth-order valence-corrected chi connectivity index (χ4v) is 1.90. The van der Waals surface area contributed by atoms with Crippen LogP contribution in [-0.4, -0.2) is 49.9 Å². The summed E-state index contributed by atoms with van der Waals surface area (Å²) in [5.74, 6) is -1.89. The highest BCUT2D eigenvalue weighted by Gasteiger charge is 2.18. The number of hydrogen-bond acceptors (Lipinski definition) is 6. The van der Waals surface area contributed by atoms with Crippen LogP contribution in [-0.2, 0) is 14.3 Å². The lowest BCUT2D eigenvalue weighted by Gasteiger charge is -2.15. The van der Waals surface area contributed by atoms with Crippen molar-refractivity contribution in [3.8, 4) is 0 Å². The van der Waals surface area contributed by atoms with Crippen LogP contribution in [0.5, 0.6) is 0 Å². The molecule has 0 aliphatic carbocycles. The van der Waals surface area contributed by atoms with Crippen LogP contribution in [0.4, 0.5) is 0 Å². The Morgan fingerprint density at radius 3 is 2.67 bits per heavy atom. The molecule has 0 bridgehead atoms. The molecule has 1 heterocycles. The fraction of sp³-hybridized carbons (Fsp3) is 0.250. The number of rotatable bonds is 5. The molecule has 0 unspecified atom stereocenters. The molecule has 1 aromatic carbocycles. The summed E-state index contributed by atoms with van der Waals surface area (Å²) in [6.07, 6.45) is 0. The Morgan fingerprint density at radius 1 is 1.25 bits per heavy atom. The van der Waals surface area contributed by atoms with Gasteiger partial charge in [-0.3, -0.25) is 9.59 Å². The summed E-state index contributed by atoms with van der Waals surface area (Å²) in [6, 6.07) is 8.06. The lowest BCUT2D eigenvalue weighted by molar-refractivity contribution is -0.137. The molecule has 0 aliphatic rings. The number of carbonyl (C=O) groups excluding carboxylic acids is 3. The van der Waals surface area contributed by atoms with Crippen molar-refractivity contribution in [1.29, 1.82) is 0 Å². The molecule has 0 atom stereocenters. The third-order valence-corrected chi connectivity index (χ3v) is 3.27. The van der Waals surface area contributed by atoms with Crippen LogP contribution in [0.2, 0.25) is 0 Å². The Kier molecular flexibility index (Phi) is 5.31. The standard InChI is InChI=1S/C16H16N2O6/c1-17-13(19)8-18(2)14(20)9-23-15(21)11-7-10-5-3-4-6-12(10)24-16(11)22/h3-7H,8-9H2,1-2H3,(H,17,19). The van der Waals surface area contributed by atoms with E-state index in [0.29, 0.717) is 11.0 Å². The quantitative estimate of drug-likeness (QED) is 0.617. The molecule has 2 aromatic rings. The van der Waals surface area contributed by atoms with E-state index in [0.717, 1.165) is 4.90 Å². The lowest BCUT2D eigenvalue weighted by Crippen LogP contribution is -2.39. The molecule has 0 saturated carbocycles. The molecule has 0 saturated heterocycles. The molecule has 126 valence electrons. The predicted octanol–water partition coefficient (Wildman–Crippen LogP) is 0.154. The second kappa shape index (κ2) is 7.40. The molecular weight excluding hydrogens is 316 g/mol. The van der Waals surface area contributed by atoms with Crippen LogP contribution < -0.4 is 10.9 Å². The summed E-state index contributed by atoms with van der Waals surface area (Å²) in [5, 5.41) is 2.93. The zero-order valence-corrected chi connectivity index (χ0v) is 13.2. The van der Waals surface area contributed by atoms with Gasteiger partial charge in [0, 0.05) is 19.5 Å². The highest BCUT2D eigenvalue weighted by atomic mass is 16.5. The fourth-order valence-electron chi connectivity index (χ4n) is 1.90. The molecule has 1 aromatic heterocycles. The maximum atomic E-state index is 12.0. The first-order valence-electron chi connectivity index (χ1n) is 7.07. The van der Waals surface area contributed by atoms with E-state index in [4.69, 9.17) is 9.15 Å². The highest BCUT2D eigenvalue weighted by Crippen LogP contribution is 2.13. The number of amides is 2. The van der Waals surface area contributed by atoms with Gasteiger partial charge in [-0.1, -0.05) is 18.2 Å². The summed E-state index contributed by atoms with van der Waals surface area (Å²) in [6.45, 7) is -0.746. The van der Waals surface area contributed by atoms with Gasteiger partial charge in [-0.05, 0) is 12.1 Å². The number of likely N-dealkylation sites (N-methyl/N-ethyl adjacent to an activating group) is 2. The maximum Gasteiger partial charge on any atom is 0.351 e. The van der Waals surface area contributed by atoms with E-state index in [9.17, 15) is 19.2 Å². The molecule has 2 rings (SSSR count). The Bertz CT molecular complexity index is 842. The molecule has 8 nitrogen and oxygen atoms in total. The number of carbonyl (C=O) groups is 3. The van der Waals surface area contributed by atoms with Crippen LogP contribution in [0.3, 0.4) is 0 Å². The van der Waals surface area contributed by atoms with Crippen molar-refractivity contribution in [2.75, 3.05) is 27.2 Å². The minimum absolute atomic E-state index is 0.162. The van der Waals surface area contributed by atoms with E-state index >= 15 is 0 Å². The van der Waals surface area contributed by atoms with E-state index < -0.39 is 24.1 Å². The Labute approximate surface area is 137 Å². The monoisotopic (exact) mass is 332 g/mol. The van der Waals surface area contributed by atoms with Crippen molar-refractivity contribution in [1.82, 2.24) is 10.2 Å². The smallest absolute Gasteiger partial charge is 0.351 e. The normalized spacial score (nSPS) is 10.2. The van der Waals surface area contributed by atoms with E-state index in [2.05, 4.69) is 5.32 Å². The average Bonchev–Trinajstić information content (AvgIpc) is 2.58. The van der Waals surface area contributed by atoms with E-state index in [1.165, 1.54) is 20.2 Å². The van der Waals surface area contributed by atoms with Crippen molar-refractivity contribution in [2.24, 2.45) is 0 Å². The van der Waals surface area contributed by atoms with Gasteiger partial charge in [-0.25, -0.2) is 9.59 Å². The molecule has 8 heteroatoms. The molecular formula is C16H16N2O6. The molecule has 1 N–H and O–H groups in total. The van der Waals surface area contributed by atoms with Gasteiger partial charge in [0.15, 0.2) is 6.61 Å². The Morgan fingerprint density at radius 2 is 1.96 bits per heavy atom. The molecule has 24 heavy (non-hydrogen) atoms. The minimum Gasteiger partial charge on any atom is -0.452 e. The lowest BCUT2D eigenvalue weighted by atomic mass is 10.2. The summed E-state index contributed by atoms with van der Waals surface area (Å²) in [7, 11) is 2.84. The summed E-state index contributed by atoms with van der Waals surface area (Å²) in [4.78, 5) is 47.9. The number of hydrogen-bond donors (Lipinski definition) is 1. The number of ether oxygens (including phenoxy) is 1. The number of esters is 1. The highest BCUT2D eigenvalue weighted by molar-refractivity contribution is 5.94. The van der Waals surface area contributed by atoms with Gasteiger partial charge in [-0.2, -0.15) is 0 Å². The van der Waals surface area contributed by atoms with Gasteiger partial charge >= 0.3 is 11.6 Å². The number of nitrogens with zero attached hydrogens (tertiary/aromatic N) is 1. The first-order chi connectivity index (χ1) is 11.4. The first-order valence-corrected chi connectivity index (χ1v) is 7.07. The molecule has 2 amide bonds. The van der Waals surface area contributed by atoms with Crippen molar-refractivity contribution < 1.29 is 23.5 Å². The van der Waals surface area contributed by atoms with Crippen LogP contribution >= 0.6 is 0 Å². The largest absolute Gasteiger partial charge is 0.452 e. The third-order valence-electron chi connectivity index (χ3n) is 3.27. The number of fused-ring (bicyclic) bond motifs is 1. The Balaban J connectivity index is 2.05. The second-order valence-electron chi connectivity index (χ2n) is 4.98. The summed E-state index contributed by atoms with van der Waals surface area (Å²) < 4.78 is 9.86. The van der Waals surface area contributed by atoms with Crippen molar-refractivity contribution in [3.05, 3.63) is 46.3 Å². The van der Waals surface area contributed by atoms with Crippen LogP contribution in [0.1, 0.15) is 10.4 Å². The van der Waals surface area contributed by atoms with E-state index in [1.807, 2.05) is 0 Å². The summed E-state index contributed by atoms with van der Waals surface area (Å²) >= 11 is 0. The van der Waals surface area contributed by atoms with Gasteiger partial charge < -0.3 is 19.4 Å². The van der Waals surface area contributed by atoms with Crippen molar-refractivity contribution >= 4 is 28.8 Å². The van der Waals surface area contributed by atoms with E-state index in [1.54, 1.807) is 24.3 Å². The minimum atomic E-state index is -0.962. The van der Waals surface area contributed by atoms with E-state index in [-0.39, 0.29) is 18.0 Å². The molecule has 0 fully saturated rings. The van der Waals surface area contributed by atoms with Crippen LogP contribution in [0.25, 0.3) is 11.0 Å². The molecule has 0 aliphatic heterocycles. The van der Waals surface area contributed by atoms with Crippen molar-refractivity contribution in [3.63, 3.8) is 0 Å². The number of nitrogens with one attached hydrogen (secondary N) is 1. The SMILES string of the molecule is CNC(=O)CN(C)C(=O)COC(=O)c1cc2ccccc2oc1=O. The Hall–Kier alpha value is -3.16. The summed E-state index contributed by atoms with van der Waals surface area (Å²) in [5.41, 5.74) is -0.791. The zero-order chi connectivity index (χ0) is 17.7. The average molecular weight is 332 g/mol. The predicted molar refractivity (Wildman–Crippen MR) is 84.5 cm³/mol. The van der Waals surface area contributed by atoms with Crippen LogP contribution in [0.15, 0.2) is 39.5 Å². The number of benzene rings is 1. The van der Waals surface area contributed by atoms with Crippen LogP contribution in [0, 0.1) is 0 Å². The van der Waals surface area contributed by atoms with Gasteiger partial charge in [0.2, 0.25) is 5.91 Å². The topological polar surface area (TPSA) is 106 Å². The van der Waals surface area contributed by atoms with Gasteiger partial charge in [0.05, 0.1) is 6.54 Å². The first kappa shape index (κ1) is 17.2. The second-order valence-corrected chi connectivity index (χ2v) is 4.98. The number of para-hydroxylation sites is 1. The third kappa shape index (κ3) is 3.97. The molecule has 0 radical (unpaired) electrons. The molecule has 0 spiro atoms. The maximum absolute atomic E-state index is 12.0. The van der Waals surface area contributed by atoms with Gasteiger partial charge in [-0.15, -0.1) is 0 Å². The van der Waals surface area contributed by atoms with Gasteiger partial charge in [0.25, 0.3) is 5.91 Å². The van der Waals surface area contributed by atoms with Gasteiger partial charge in [0.1, 0.15) is 11.1 Å².